The van der Waals surface area contributed by atoms with E-state index < -0.39 is 0 Å². The number of hydrogen-bond acceptors (Lipinski definition) is 3. The quantitative estimate of drug-likeness (QED) is 0.810. The van der Waals surface area contributed by atoms with Gasteiger partial charge in [-0.2, -0.15) is 0 Å². The molecule has 1 saturated heterocycles. The maximum atomic E-state index is 9.11. The summed E-state index contributed by atoms with van der Waals surface area (Å²) in [4.78, 5) is 2.88. The van der Waals surface area contributed by atoms with Gasteiger partial charge in [0.2, 0.25) is 0 Å². The fourth-order valence-corrected chi connectivity index (χ4v) is 2.50. The van der Waals surface area contributed by atoms with E-state index in [-0.39, 0.29) is 0 Å². The van der Waals surface area contributed by atoms with Crippen molar-refractivity contribution in [3.05, 3.63) is 35.4 Å². The van der Waals surface area contributed by atoms with Gasteiger partial charge in [0, 0.05) is 18.7 Å². The van der Waals surface area contributed by atoms with Crippen molar-refractivity contribution in [1.29, 1.82) is 0 Å². The van der Waals surface area contributed by atoms with Gasteiger partial charge in [-0.1, -0.05) is 36.5 Å². The summed E-state index contributed by atoms with van der Waals surface area (Å²) in [5.74, 6) is 0.498. The first kappa shape index (κ1) is 13.5. The molecule has 0 radical (unpaired) electrons. The smallest absolute Gasteiger partial charge is 0.103 e. The Hall–Kier alpha value is -0.970. The van der Waals surface area contributed by atoms with Crippen molar-refractivity contribution in [2.75, 3.05) is 19.7 Å². The first-order chi connectivity index (χ1) is 8.69. The van der Waals surface area contributed by atoms with Gasteiger partial charge in [-0.05, 0) is 37.4 Å². The summed E-state index contributed by atoms with van der Waals surface area (Å²) in [6.07, 6.45) is 2.20. The Kier molecular flexibility index (Phi) is 4.69. The lowest BCUT2D eigenvalue weighted by atomic mass is 9.97. The minimum absolute atomic E-state index is 0.330. The summed E-state index contributed by atoms with van der Waals surface area (Å²) >= 11 is 4.94. The van der Waals surface area contributed by atoms with E-state index in [1.807, 2.05) is 12.1 Å². The van der Waals surface area contributed by atoms with Gasteiger partial charge in [0.05, 0.1) is 0 Å². The van der Waals surface area contributed by atoms with Crippen LogP contribution in [0.2, 0.25) is 0 Å². The molecule has 1 fully saturated rings. The highest BCUT2D eigenvalue weighted by atomic mass is 32.1. The van der Waals surface area contributed by atoms with Gasteiger partial charge in [-0.25, -0.2) is 0 Å². The Morgan fingerprint density at radius 3 is 2.39 bits per heavy atom. The van der Waals surface area contributed by atoms with Crippen LogP contribution >= 0.6 is 12.2 Å². The molecule has 0 unspecified atom stereocenters. The molecule has 1 aromatic carbocycles. The fourth-order valence-electron chi connectivity index (χ4n) is 2.36. The van der Waals surface area contributed by atoms with Crippen molar-refractivity contribution >= 4 is 17.2 Å². The molecule has 4 heteroatoms. The molecule has 98 valence electrons. The van der Waals surface area contributed by atoms with Crippen molar-refractivity contribution in [2.45, 2.75) is 19.4 Å². The minimum Gasteiger partial charge on any atom is -0.396 e. The molecule has 0 amide bonds. The monoisotopic (exact) mass is 264 g/mol. The highest BCUT2D eigenvalue weighted by Crippen LogP contribution is 2.18. The zero-order chi connectivity index (χ0) is 13.0. The van der Waals surface area contributed by atoms with Gasteiger partial charge >= 0.3 is 0 Å². The number of hydrogen-bond donors (Lipinski definition) is 2. The van der Waals surface area contributed by atoms with Crippen molar-refractivity contribution in [2.24, 2.45) is 11.7 Å². The van der Waals surface area contributed by atoms with Crippen LogP contribution in [0.5, 0.6) is 0 Å². The molecule has 1 aromatic rings. The molecular weight excluding hydrogens is 244 g/mol. The summed E-state index contributed by atoms with van der Waals surface area (Å²) in [6.45, 7) is 3.44. The van der Waals surface area contributed by atoms with Crippen LogP contribution in [-0.4, -0.2) is 34.7 Å². The number of thiocarbonyl (C=S) groups is 1. The number of aliphatic hydroxyl groups excluding tert-OH is 1. The highest BCUT2D eigenvalue weighted by molar-refractivity contribution is 7.80. The zero-order valence-corrected chi connectivity index (χ0v) is 11.3. The van der Waals surface area contributed by atoms with E-state index in [0.717, 1.165) is 38.0 Å². The number of benzene rings is 1. The number of rotatable bonds is 4. The Labute approximate surface area is 114 Å². The zero-order valence-electron chi connectivity index (χ0n) is 10.5. The van der Waals surface area contributed by atoms with Gasteiger partial charge in [0.15, 0.2) is 0 Å². The molecule has 0 spiro atoms. The van der Waals surface area contributed by atoms with Gasteiger partial charge in [0.25, 0.3) is 0 Å². The number of likely N-dealkylation sites (tertiary alicyclic amines) is 1. The van der Waals surface area contributed by atoms with Crippen LogP contribution in [0, 0.1) is 5.92 Å². The van der Waals surface area contributed by atoms with Crippen LogP contribution in [0.25, 0.3) is 0 Å². The standard InChI is InChI=1S/C14H20N2OS/c15-14(18)13-3-1-11(2-4-13)9-16-7-5-12(10-17)6-8-16/h1-4,12,17H,5-10H2,(H2,15,18). The maximum Gasteiger partial charge on any atom is 0.103 e. The van der Waals surface area contributed by atoms with Gasteiger partial charge in [0.1, 0.15) is 4.99 Å². The molecule has 3 nitrogen and oxygen atoms in total. The Bertz CT molecular complexity index is 397. The lowest BCUT2D eigenvalue weighted by molar-refractivity contribution is 0.127. The van der Waals surface area contributed by atoms with E-state index in [2.05, 4.69) is 17.0 Å². The lowest BCUT2D eigenvalue weighted by Crippen LogP contribution is -2.34. The van der Waals surface area contributed by atoms with Crippen LogP contribution in [0.1, 0.15) is 24.0 Å². The normalized spacial score (nSPS) is 17.8. The van der Waals surface area contributed by atoms with Crippen molar-refractivity contribution in [1.82, 2.24) is 4.90 Å². The fraction of sp³-hybridized carbons (Fsp3) is 0.500. The lowest BCUT2D eigenvalue weighted by Gasteiger charge is -2.31. The Morgan fingerprint density at radius 1 is 1.28 bits per heavy atom. The number of nitrogens with zero attached hydrogens (tertiary/aromatic N) is 1. The van der Waals surface area contributed by atoms with Crippen LogP contribution in [0.4, 0.5) is 0 Å². The Morgan fingerprint density at radius 2 is 1.89 bits per heavy atom. The van der Waals surface area contributed by atoms with Crippen LogP contribution in [0.15, 0.2) is 24.3 Å². The molecule has 0 aromatic heterocycles. The van der Waals surface area contributed by atoms with Crippen LogP contribution in [-0.2, 0) is 6.54 Å². The van der Waals surface area contributed by atoms with Gasteiger partial charge in [-0.3, -0.25) is 4.90 Å². The largest absolute Gasteiger partial charge is 0.396 e. The van der Waals surface area contributed by atoms with E-state index in [0.29, 0.717) is 17.5 Å². The van der Waals surface area contributed by atoms with Crippen LogP contribution in [0.3, 0.4) is 0 Å². The van der Waals surface area contributed by atoms with Crippen LogP contribution < -0.4 is 5.73 Å². The third-order valence-electron chi connectivity index (χ3n) is 3.61. The van der Waals surface area contributed by atoms with E-state index in [4.69, 9.17) is 23.1 Å². The third-order valence-corrected chi connectivity index (χ3v) is 3.85. The summed E-state index contributed by atoms with van der Waals surface area (Å²) in [6, 6.07) is 8.15. The summed E-state index contributed by atoms with van der Waals surface area (Å²) in [5, 5.41) is 9.11. The number of piperidine rings is 1. The average Bonchev–Trinajstić information content (AvgIpc) is 2.40. The minimum atomic E-state index is 0.330. The molecule has 0 bridgehead atoms. The second-order valence-corrected chi connectivity index (χ2v) is 5.40. The highest BCUT2D eigenvalue weighted by Gasteiger charge is 2.18. The molecular formula is C14H20N2OS. The molecule has 1 heterocycles. The van der Waals surface area contributed by atoms with Crippen molar-refractivity contribution < 1.29 is 5.11 Å². The maximum absolute atomic E-state index is 9.11. The summed E-state index contributed by atoms with van der Waals surface area (Å²) in [7, 11) is 0. The summed E-state index contributed by atoms with van der Waals surface area (Å²) < 4.78 is 0. The first-order valence-corrected chi connectivity index (χ1v) is 6.82. The second-order valence-electron chi connectivity index (χ2n) is 4.96. The molecule has 2 rings (SSSR count). The molecule has 1 aliphatic rings. The van der Waals surface area contributed by atoms with E-state index in [9.17, 15) is 0 Å². The average molecular weight is 264 g/mol. The van der Waals surface area contributed by atoms with E-state index in [1.165, 1.54) is 5.56 Å². The summed E-state index contributed by atoms with van der Waals surface area (Å²) in [5.41, 5.74) is 7.79. The molecule has 18 heavy (non-hydrogen) atoms. The molecule has 0 atom stereocenters. The number of aliphatic hydroxyl groups is 1. The first-order valence-electron chi connectivity index (χ1n) is 6.41. The van der Waals surface area contributed by atoms with E-state index >= 15 is 0 Å². The SMILES string of the molecule is NC(=S)c1ccc(CN2CCC(CO)CC2)cc1. The van der Waals surface area contributed by atoms with Crippen molar-refractivity contribution in [3.8, 4) is 0 Å². The molecule has 1 aliphatic heterocycles. The predicted octanol–water partition coefficient (Wildman–Crippen LogP) is 1.53. The van der Waals surface area contributed by atoms with Gasteiger partial charge in [-0.15, -0.1) is 0 Å². The molecule has 3 N–H and O–H groups in total. The molecule has 0 aliphatic carbocycles. The van der Waals surface area contributed by atoms with Gasteiger partial charge < -0.3 is 10.8 Å². The topological polar surface area (TPSA) is 49.5 Å². The second kappa shape index (κ2) is 6.27. The van der Waals surface area contributed by atoms with Crippen molar-refractivity contribution in [3.63, 3.8) is 0 Å². The number of nitrogens with two attached hydrogens (primary N) is 1. The Balaban J connectivity index is 1.88. The van der Waals surface area contributed by atoms with E-state index in [1.54, 1.807) is 0 Å². The predicted molar refractivity (Wildman–Crippen MR) is 77.4 cm³/mol. The molecule has 0 saturated carbocycles. The third kappa shape index (κ3) is 3.51.